The minimum absolute atomic E-state index is 0.0589. The maximum atomic E-state index is 3.78. The molecule has 2 heteroatoms. The Morgan fingerprint density at radius 1 is 1.05 bits per heavy atom. The summed E-state index contributed by atoms with van der Waals surface area (Å²) >= 11 is 0. The van der Waals surface area contributed by atoms with Gasteiger partial charge in [0.25, 0.3) is 0 Å². The molecule has 0 bridgehead atoms. The fourth-order valence-electron chi connectivity index (χ4n) is 3.69. The second kappa shape index (κ2) is 4.82. The quantitative estimate of drug-likeness (QED) is 0.613. The third kappa shape index (κ3) is 1.93. The summed E-state index contributed by atoms with van der Waals surface area (Å²) < 4.78 is 0.794. The van der Waals surface area contributed by atoms with E-state index in [0.29, 0.717) is 11.8 Å². The first-order chi connectivity index (χ1) is 9.97. The average molecular weight is 283 g/mol. The van der Waals surface area contributed by atoms with Crippen LogP contribution in [0.15, 0.2) is 42.6 Å². The van der Waals surface area contributed by atoms with Gasteiger partial charge in [-0.2, -0.15) is 4.59 Å². The van der Waals surface area contributed by atoms with Crippen molar-refractivity contribution in [2.75, 3.05) is 0 Å². The Morgan fingerprint density at radius 3 is 2.19 bits per heavy atom. The first-order valence-electron chi connectivity index (χ1n) is 8.16. The summed E-state index contributed by atoms with van der Waals surface area (Å²) in [6.07, 6.45) is 10.1. The maximum Gasteiger partial charge on any atom is 0.241 e. The number of allylic oxidation sites excluding steroid dienone is 2. The second-order valence-electron chi connectivity index (χ2n) is 6.91. The second-order valence-corrected chi connectivity index (χ2v) is 6.91. The molecule has 0 saturated carbocycles. The van der Waals surface area contributed by atoms with E-state index in [9.17, 15) is 0 Å². The maximum absolute atomic E-state index is 3.78. The van der Waals surface area contributed by atoms with Crippen LogP contribution in [0.2, 0.25) is 0 Å². The Balaban J connectivity index is 2.23. The lowest BCUT2D eigenvalue weighted by Gasteiger charge is -2.25. The fourth-order valence-corrected chi connectivity index (χ4v) is 3.69. The third-order valence-corrected chi connectivity index (χ3v) is 4.98. The number of benzene rings is 1. The van der Waals surface area contributed by atoms with Crippen LogP contribution in [0, 0.1) is 0 Å². The number of hydrogen-bond donors (Lipinski definition) is 1. The highest BCUT2D eigenvalue weighted by atomic mass is 15.9. The summed E-state index contributed by atoms with van der Waals surface area (Å²) in [6.45, 7) is 11.4. The van der Waals surface area contributed by atoms with Gasteiger partial charge in [0, 0.05) is 17.5 Å². The highest BCUT2D eigenvalue weighted by molar-refractivity contribution is 5.66. The van der Waals surface area contributed by atoms with Crippen molar-refractivity contribution in [3.05, 3.63) is 53.8 Å². The first kappa shape index (κ1) is 14.6. The molecule has 3 rings (SSSR count). The van der Waals surface area contributed by atoms with Gasteiger partial charge in [0.15, 0.2) is 5.69 Å². The van der Waals surface area contributed by atoms with Crippen LogP contribution in [-0.2, 0) is 0 Å². The van der Waals surface area contributed by atoms with Crippen LogP contribution in [0.4, 0.5) is 5.69 Å². The molecule has 1 aromatic carbocycles. The van der Waals surface area contributed by atoms with Crippen molar-refractivity contribution in [3.63, 3.8) is 0 Å². The zero-order chi connectivity index (χ0) is 15.3. The van der Waals surface area contributed by atoms with Gasteiger partial charge in [0.1, 0.15) is 6.20 Å². The number of nitrogens with one attached hydrogen (secondary N) is 1. The molecule has 0 amide bonds. The monoisotopic (exact) mass is 283 g/mol. The van der Waals surface area contributed by atoms with Crippen molar-refractivity contribution >= 4 is 5.69 Å². The van der Waals surface area contributed by atoms with E-state index in [0.717, 1.165) is 11.0 Å². The molecule has 2 nitrogen and oxygen atoms in total. The fraction of sp³-hybridized carbons (Fsp3) is 0.474. The topological polar surface area (TPSA) is 21.9 Å². The summed E-state index contributed by atoms with van der Waals surface area (Å²) in [6, 6.07) is 6.81. The zero-order valence-corrected chi connectivity index (χ0v) is 13.9. The summed E-state index contributed by atoms with van der Waals surface area (Å²) in [5, 5.41) is 0. The van der Waals surface area contributed by atoms with Crippen LogP contribution in [-0.4, -0.2) is 5.66 Å². The molecule has 1 fully saturated rings. The van der Waals surface area contributed by atoms with Crippen molar-refractivity contribution in [1.29, 1.82) is 0 Å². The van der Waals surface area contributed by atoms with Gasteiger partial charge in [-0.25, -0.2) is 0 Å². The highest BCUT2D eigenvalue weighted by Gasteiger charge is 2.70. The van der Waals surface area contributed by atoms with Crippen LogP contribution >= 0.6 is 0 Å². The van der Waals surface area contributed by atoms with E-state index in [4.69, 9.17) is 0 Å². The molecule has 0 aliphatic carbocycles. The van der Waals surface area contributed by atoms with Crippen LogP contribution in [0.25, 0.3) is 0 Å². The molecule has 21 heavy (non-hydrogen) atoms. The minimum atomic E-state index is 0.0589. The number of nitrogens with zero attached hydrogens (tertiary/aromatic N) is 1. The molecule has 1 N–H and O–H groups in total. The predicted molar refractivity (Wildman–Crippen MR) is 90.9 cm³/mol. The lowest BCUT2D eigenvalue weighted by atomic mass is 9.91. The third-order valence-electron chi connectivity index (χ3n) is 4.98. The lowest BCUT2D eigenvalue weighted by molar-refractivity contribution is 0.526. The molecule has 2 aliphatic rings. The Labute approximate surface area is 128 Å². The molecule has 0 aromatic heterocycles. The van der Waals surface area contributed by atoms with E-state index in [2.05, 4.69) is 82.7 Å². The van der Waals surface area contributed by atoms with Gasteiger partial charge in [-0.05, 0) is 24.0 Å². The van der Waals surface area contributed by atoms with Gasteiger partial charge < -0.3 is 0 Å². The minimum Gasteiger partial charge on any atom is -0.157 e. The molecule has 2 atom stereocenters. The molecular weight excluding hydrogens is 256 g/mol. The summed E-state index contributed by atoms with van der Waals surface area (Å²) in [5.74, 6) is 1.06. The Hall–Kier alpha value is -1.38. The normalized spacial score (nSPS) is 30.0. The molecule has 112 valence electrons. The SMILES string of the molecule is CCC12C=CC=C[N+]1(c1c(C(C)C)cccc1C(C)C)N2. The lowest BCUT2D eigenvalue weighted by Crippen LogP contribution is -2.34. The number of fused-ring (bicyclic) bond motifs is 1. The average Bonchev–Trinajstić information content (AvgIpc) is 3.17. The zero-order valence-electron chi connectivity index (χ0n) is 13.9. The molecule has 2 aliphatic heterocycles. The summed E-state index contributed by atoms with van der Waals surface area (Å²) in [4.78, 5) is 0. The Morgan fingerprint density at radius 2 is 1.67 bits per heavy atom. The van der Waals surface area contributed by atoms with Gasteiger partial charge in [0.2, 0.25) is 5.66 Å². The summed E-state index contributed by atoms with van der Waals surface area (Å²) in [5.41, 5.74) is 8.22. The first-order valence-corrected chi connectivity index (χ1v) is 8.16. The van der Waals surface area contributed by atoms with Crippen LogP contribution < -0.4 is 10.0 Å². The van der Waals surface area contributed by atoms with Crippen molar-refractivity contribution in [2.45, 2.75) is 58.5 Å². The standard InChI is InChI=1S/C19H27N2/c1-6-19-12-7-8-13-21(19,20-19)18-16(14(2)3)10-9-11-17(18)15(4)5/h7-15,20H,6H2,1-5H3/q+1. The van der Waals surface area contributed by atoms with E-state index in [-0.39, 0.29) is 5.66 Å². The van der Waals surface area contributed by atoms with Crippen molar-refractivity contribution in [3.8, 4) is 0 Å². The van der Waals surface area contributed by atoms with E-state index in [1.165, 1.54) is 16.8 Å². The Kier molecular flexibility index (Phi) is 3.34. The molecule has 1 saturated heterocycles. The Bertz CT molecular complexity index is 586. The van der Waals surface area contributed by atoms with Gasteiger partial charge in [-0.1, -0.05) is 64.3 Å². The highest BCUT2D eigenvalue weighted by Crippen LogP contribution is 2.52. The van der Waals surface area contributed by atoms with Crippen molar-refractivity contribution < 1.29 is 0 Å². The largest absolute Gasteiger partial charge is 0.241 e. The van der Waals surface area contributed by atoms with E-state index in [1.807, 2.05) is 0 Å². The predicted octanol–water partition coefficient (Wildman–Crippen LogP) is 4.95. The van der Waals surface area contributed by atoms with E-state index in [1.54, 1.807) is 0 Å². The van der Waals surface area contributed by atoms with Crippen LogP contribution in [0.3, 0.4) is 0 Å². The van der Waals surface area contributed by atoms with Crippen LogP contribution in [0.1, 0.15) is 64.0 Å². The number of para-hydroxylation sites is 1. The number of hydrogen-bond acceptors (Lipinski definition) is 1. The van der Waals surface area contributed by atoms with Crippen molar-refractivity contribution in [2.24, 2.45) is 0 Å². The van der Waals surface area contributed by atoms with Crippen LogP contribution in [0.5, 0.6) is 0 Å². The summed E-state index contributed by atoms with van der Waals surface area (Å²) in [7, 11) is 0. The van der Waals surface area contributed by atoms with Gasteiger partial charge in [-0.15, -0.1) is 0 Å². The smallest absolute Gasteiger partial charge is 0.157 e. The molecule has 2 unspecified atom stereocenters. The van der Waals surface area contributed by atoms with Gasteiger partial charge in [0.05, 0.1) is 0 Å². The van der Waals surface area contributed by atoms with Gasteiger partial charge in [-0.3, -0.25) is 0 Å². The molecule has 2 heterocycles. The molecule has 0 radical (unpaired) electrons. The van der Waals surface area contributed by atoms with Gasteiger partial charge >= 0.3 is 0 Å². The van der Waals surface area contributed by atoms with E-state index >= 15 is 0 Å². The molecule has 0 spiro atoms. The number of quaternary nitrogens is 1. The van der Waals surface area contributed by atoms with E-state index < -0.39 is 0 Å². The molecule has 1 aromatic rings. The number of rotatable bonds is 4. The molecular formula is C19H27N2+. The van der Waals surface area contributed by atoms with Crippen molar-refractivity contribution in [1.82, 2.24) is 10.0 Å².